The predicted molar refractivity (Wildman–Crippen MR) is 68.9 cm³/mol. The first-order valence-electron chi connectivity index (χ1n) is 6.03. The zero-order chi connectivity index (χ0) is 15.8. The van der Waals surface area contributed by atoms with E-state index in [2.05, 4.69) is 5.10 Å². The van der Waals surface area contributed by atoms with Gasteiger partial charge < -0.3 is 4.74 Å². The molecule has 4 nitrogen and oxygen atoms in total. The lowest BCUT2D eigenvalue weighted by Crippen LogP contribution is -2.08. The van der Waals surface area contributed by atoms with Crippen molar-refractivity contribution >= 4 is 0 Å². The SMILES string of the molecule is Cc1nn(C)c(C)c1Oc1ccc(C#N)c(C(F)(F)F)c1. The number of halogens is 3. The summed E-state index contributed by atoms with van der Waals surface area (Å²) in [5.41, 5.74) is -0.172. The van der Waals surface area contributed by atoms with Crippen LogP contribution in [0.1, 0.15) is 22.5 Å². The average Bonchev–Trinajstić information content (AvgIpc) is 2.64. The number of nitrogens with zero attached hydrogens (tertiary/aromatic N) is 3. The molecule has 0 N–H and O–H groups in total. The highest BCUT2D eigenvalue weighted by Gasteiger charge is 2.34. The van der Waals surface area contributed by atoms with Crippen LogP contribution in [0.25, 0.3) is 0 Å². The number of aromatic nitrogens is 2. The fourth-order valence-electron chi connectivity index (χ4n) is 1.94. The highest BCUT2D eigenvalue weighted by Crippen LogP contribution is 2.36. The summed E-state index contributed by atoms with van der Waals surface area (Å²) in [5.74, 6) is 0.427. The Kier molecular flexibility index (Phi) is 3.64. The van der Waals surface area contributed by atoms with Gasteiger partial charge in [0, 0.05) is 7.05 Å². The van der Waals surface area contributed by atoms with E-state index in [1.807, 2.05) is 0 Å². The number of nitriles is 1. The number of benzene rings is 1. The lowest BCUT2D eigenvalue weighted by molar-refractivity contribution is -0.137. The summed E-state index contributed by atoms with van der Waals surface area (Å²) in [5, 5.41) is 12.9. The van der Waals surface area contributed by atoms with Crippen LogP contribution in [0, 0.1) is 25.2 Å². The monoisotopic (exact) mass is 295 g/mol. The maximum atomic E-state index is 12.9. The van der Waals surface area contributed by atoms with Crippen LogP contribution in [0.4, 0.5) is 13.2 Å². The Morgan fingerprint density at radius 1 is 1.29 bits per heavy atom. The Balaban J connectivity index is 2.45. The Morgan fingerprint density at radius 2 is 1.95 bits per heavy atom. The van der Waals surface area contributed by atoms with E-state index in [1.165, 1.54) is 12.1 Å². The van der Waals surface area contributed by atoms with Crippen LogP contribution in [0.3, 0.4) is 0 Å². The molecule has 0 spiro atoms. The molecule has 1 aromatic carbocycles. The highest BCUT2D eigenvalue weighted by molar-refractivity contribution is 5.46. The third-order valence-electron chi connectivity index (χ3n) is 3.08. The van der Waals surface area contributed by atoms with Crippen LogP contribution in [0.15, 0.2) is 18.2 Å². The quantitative estimate of drug-likeness (QED) is 0.848. The van der Waals surface area contributed by atoms with Crippen LogP contribution in [0.2, 0.25) is 0 Å². The third-order valence-corrected chi connectivity index (χ3v) is 3.08. The van der Waals surface area contributed by atoms with Crippen molar-refractivity contribution in [1.82, 2.24) is 9.78 Å². The topological polar surface area (TPSA) is 50.8 Å². The molecule has 0 aliphatic rings. The van der Waals surface area contributed by atoms with E-state index in [0.29, 0.717) is 17.1 Å². The summed E-state index contributed by atoms with van der Waals surface area (Å²) in [6, 6.07) is 4.78. The Morgan fingerprint density at radius 3 is 2.43 bits per heavy atom. The van der Waals surface area contributed by atoms with E-state index < -0.39 is 17.3 Å². The molecule has 1 heterocycles. The van der Waals surface area contributed by atoms with Crippen molar-refractivity contribution in [3.8, 4) is 17.6 Å². The van der Waals surface area contributed by atoms with Crippen LogP contribution in [-0.2, 0) is 13.2 Å². The van der Waals surface area contributed by atoms with Gasteiger partial charge in [-0.1, -0.05) is 0 Å². The van der Waals surface area contributed by atoms with Gasteiger partial charge in [0.2, 0.25) is 0 Å². The smallest absolute Gasteiger partial charge is 0.417 e. The number of aryl methyl sites for hydroxylation is 2. The Bertz CT molecular complexity index is 726. The molecule has 21 heavy (non-hydrogen) atoms. The van der Waals surface area contributed by atoms with Crippen molar-refractivity contribution in [2.75, 3.05) is 0 Å². The summed E-state index contributed by atoms with van der Waals surface area (Å²) >= 11 is 0. The molecule has 0 fully saturated rings. The number of alkyl halides is 3. The minimum atomic E-state index is -4.61. The summed E-state index contributed by atoms with van der Waals surface area (Å²) in [6.45, 7) is 3.46. The molecule has 110 valence electrons. The molecule has 0 atom stereocenters. The van der Waals surface area contributed by atoms with Crippen LogP contribution in [0.5, 0.6) is 11.5 Å². The molecule has 0 aliphatic heterocycles. The van der Waals surface area contributed by atoms with Crippen molar-refractivity contribution in [3.63, 3.8) is 0 Å². The molecule has 0 radical (unpaired) electrons. The largest absolute Gasteiger partial charge is 0.453 e. The molecule has 2 aromatic rings. The predicted octanol–water partition coefficient (Wildman–Crippen LogP) is 3.72. The standard InChI is InChI=1S/C14H12F3N3O/c1-8-13(9(2)20(3)19-8)21-11-5-4-10(7-18)12(6-11)14(15,16)17/h4-6H,1-3H3. The van der Waals surface area contributed by atoms with Gasteiger partial charge in [-0.25, -0.2) is 0 Å². The van der Waals surface area contributed by atoms with Gasteiger partial charge in [-0.2, -0.15) is 23.5 Å². The van der Waals surface area contributed by atoms with Crippen molar-refractivity contribution in [1.29, 1.82) is 5.26 Å². The maximum absolute atomic E-state index is 12.9. The van der Waals surface area contributed by atoms with E-state index in [4.69, 9.17) is 10.00 Å². The van der Waals surface area contributed by atoms with Crippen molar-refractivity contribution in [3.05, 3.63) is 40.7 Å². The minimum Gasteiger partial charge on any atom is -0.453 e. The molecule has 0 aliphatic carbocycles. The van der Waals surface area contributed by atoms with Gasteiger partial charge in [0.25, 0.3) is 0 Å². The first kappa shape index (κ1) is 14.9. The molecule has 0 amide bonds. The van der Waals surface area contributed by atoms with Gasteiger partial charge in [0.1, 0.15) is 11.4 Å². The maximum Gasteiger partial charge on any atom is 0.417 e. The summed E-state index contributed by atoms with van der Waals surface area (Å²) in [6.07, 6.45) is -4.61. The van der Waals surface area contributed by atoms with E-state index in [1.54, 1.807) is 25.6 Å². The molecule has 0 bridgehead atoms. The van der Waals surface area contributed by atoms with Gasteiger partial charge in [0.05, 0.1) is 22.9 Å². The zero-order valence-electron chi connectivity index (χ0n) is 11.6. The molecular formula is C14H12F3N3O. The number of hydrogen-bond acceptors (Lipinski definition) is 3. The number of ether oxygens (including phenoxy) is 1. The van der Waals surface area contributed by atoms with E-state index in [9.17, 15) is 13.2 Å². The van der Waals surface area contributed by atoms with Gasteiger partial charge >= 0.3 is 6.18 Å². The lowest BCUT2D eigenvalue weighted by Gasteiger charge is -2.11. The fraction of sp³-hybridized carbons (Fsp3) is 0.286. The molecule has 7 heteroatoms. The molecule has 0 saturated carbocycles. The number of hydrogen-bond donors (Lipinski definition) is 0. The van der Waals surface area contributed by atoms with Gasteiger partial charge in [-0.05, 0) is 32.0 Å². The van der Waals surface area contributed by atoms with Crippen LogP contribution < -0.4 is 4.74 Å². The normalized spacial score (nSPS) is 11.3. The summed E-state index contributed by atoms with van der Waals surface area (Å²) in [7, 11) is 1.72. The molecular weight excluding hydrogens is 283 g/mol. The van der Waals surface area contributed by atoms with Crippen molar-refractivity contribution in [2.45, 2.75) is 20.0 Å². The second-order valence-electron chi connectivity index (χ2n) is 4.54. The average molecular weight is 295 g/mol. The van der Waals surface area contributed by atoms with Crippen LogP contribution >= 0.6 is 0 Å². The van der Waals surface area contributed by atoms with Gasteiger partial charge in [-0.3, -0.25) is 4.68 Å². The van der Waals surface area contributed by atoms with E-state index in [0.717, 1.165) is 12.1 Å². The first-order valence-corrected chi connectivity index (χ1v) is 6.03. The van der Waals surface area contributed by atoms with Gasteiger partial charge in [0.15, 0.2) is 5.75 Å². The fourth-order valence-corrected chi connectivity index (χ4v) is 1.94. The highest BCUT2D eigenvalue weighted by atomic mass is 19.4. The van der Waals surface area contributed by atoms with Crippen molar-refractivity contribution < 1.29 is 17.9 Å². The molecule has 0 unspecified atom stereocenters. The number of rotatable bonds is 2. The Hall–Kier alpha value is -2.49. The van der Waals surface area contributed by atoms with E-state index >= 15 is 0 Å². The van der Waals surface area contributed by atoms with Crippen molar-refractivity contribution in [2.24, 2.45) is 7.05 Å². The second-order valence-corrected chi connectivity index (χ2v) is 4.54. The first-order chi connectivity index (χ1) is 9.74. The van der Waals surface area contributed by atoms with E-state index in [-0.39, 0.29) is 5.75 Å². The third kappa shape index (κ3) is 2.84. The molecule has 1 aromatic heterocycles. The van der Waals surface area contributed by atoms with Gasteiger partial charge in [-0.15, -0.1) is 0 Å². The second kappa shape index (κ2) is 5.13. The Labute approximate surface area is 119 Å². The lowest BCUT2D eigenvalue weighted by atomic mass is 10.1. The van der Waals surface area contributed by atoms with Crippen LogP contribution in [-0.4, -0.2) is 9.78 Å². The molecule has 0 saturated heterocycles. The summed E-state index contributed by atoms with van der Waals surface area (Å²) in [4.78, 5) is 0. The molecule has 2 rings (SSSR count). The minimum absolute atomic E-state index is 0.0144. The summed E-state index contributed by atoms with van der Waals surface area (Å²) < 4.78 is 45.8. The zero-order valence-corrected chi connectivity index (χ0v) is 11.6.